The zero-order chi connectivity index (χ0) is 28.2. The number of likely N-dealkylation sites (tertiary alicyclic amines) is 2. The lowest BCUT2D eigenvalue weighted by Gasteiger charge is -2.30. The molecule has 2 aliphatic heterocycles. The Morgan fingerprint density at radius 1 is 0.900 bits per heavy atom. The highest BCUT2D eigenvalue weighted by molar-refractivity contribution is 5.95. The summed E-state index contributed by atoms with van der Waals surface area (Å²) < 4.78 is 0. The maximum Gasteiger partial charge on any atom is 0.326 e. The van der Waals surface area contributed by atoms with E-state index in [1.54, 1.807) is 0 Å². The number of carbonyl (C=O) groups excluding carboxylic acids is 3. The number of carbonyl (C=O) groups is 4. The average molecular weight is 546 g/mol. The molecule has 3 amide bonds. The molecule has 3 aromatic rings. The molecule has 2 aromatic carbocycles. The van der Waals surface area contributed by atoms with Gasteiger partial charge in [-0.3, -0.25) is 14.4 Å². The lowest BCUT2D eigenvalue weighted by atomic mass is 10.0. The largest absolute Gasteiger partial charge is 0.480 e. The van der Waals surface area contributed by atoms with Crippen LogP contribution >= 0.6 is 0 Å². The lowest BCUT2D eigenvalue weighted by Crippen LogP contribution is -2.57. The summed E-state index contributed by atoms with van der Waals surface area (Å²) in [7, 11) is 0. The quantitative estimate of drug-likeness (QED) is 0.322. The standard InChI is InChI=1S/C30H35N5O5/c31-22(16-19-8-2-1-3-9-19)28(37)34-14-6-12-25(34)27(36)33-24(29(38)35-15-7-13-26(35)30(39)40)17-20-18-32-23-11-5-4-10-21(20)23/h1-5,8-11,18,22,24-26,32H,6-7,12-17,31H2,(H,33,36)(H,39,40)/t22-,24-,25+,26-/m0/s1. The van der Waals surface area contributed by atoms with Crippen molar-refractivity contribution < 1.29 is 24.3 Å². The molecule has 2 saturated heterocycles. The van der Waals surface area contributed by atoms with Crippen LogP contribution in [0.3, 0.4) is 0 Å². The Labute approximate surface area is 232 Å². The highest BCUT2D eigenvalue weighted by Crippen LogP contribution is 2.24. The molecule has 0 saturated carbocycles. The number of carboxylic acid groups (broad SMARTS) is 1. The average Bonchev–Trinajstić information content (AvgIpc) is 3.72. The van der Waals surface area contributed by atoms with Crippen LogP contribution in [0.4, 0.5) is 0 Å². The molecule has 10 heteroatoms. The van der Waals surface area contributed by atoms with E-state index in [-0.39, 0.29) is 12.3 Å². The van der Waals surface area contributed by atoms with Gasteiger partial charge in [-0.2, -0.15) is 0 Å². The predicted molar refractivity (Wildman–Crippen MR) is 149 cm³/mol. The number of aliphatic carboxylic acids is 1. The van der Waals surface area contributed by atoms with E-state index in [9.17, 15) is 24.3 Å². The van der Waals surface area contributed by atoms with Gasteiger partial charge in [0.1, 0.15) is 18.1 Å². The number of para-hydroxylation sites is 1. The van der Waals surface area contributed by atoms with Gasteiger partial charge in [-0.05, 0) is 49.3 Å². The number of fused-ring (bicyclic) bond motifs is 1. The first-order valence-corrected chi connectivity index (χ1v) is 13.8. The van der Waals surface area contributed by atoms with Crippen molar-refractivity contribution >= 4 is 34.6 Å². The molecule has 0 aliphatic carbocycles. The summed E-state index contributed by atoms with van der Waals surface area (Å²) in [5, 5.41) is 13.5. The third kappa shape index (κ3) is 5.72. The first-order chi connectivity index (χ1) is 19.3. The zero-order valence-corrected chi connectivity index (χ0v) is 22.3. The minimum atomic E-state index is -1.05. The van der Waals surface area contributed by atoms with E-state index in [1.807, 2.05) is 60.8 Å². The highest BCUT2D eigenvalue weighted by Gasteiger charge is 2.41. The summed E-state index contributed by atoms with van der Waals surface area (Å²) in [6, 6.07) is 13.7. The van der Waals surface area contributed by atoms with Gasteiger partial charge in [0.2, 0.25) is 17.7 Å². The molecular weight excluding hydrogens is 510 g/mol. The topological polar surface area (TPSA) is 149 Å². The fourth-order valence-electron chi connectivity index (χ4n) is 5.95. The van der Waals surface area contributed by atoms with Crippen molar-refractivity contribution in [3.05, 3.63) is 71.9 Å². The number of rotatable bonds is 9. The van der Waals surface area contributed by atoms with Crippen LogP contribution in [0.5, 0.6) is 0 Å². The molecule has 0 bridgehead atoms. The molecule has 2 fully saturated rings. The normalized spacial score (nSPS) is 20.4. The van der Waals surface area contributed by atoms with E-state index in [1.165, 1.54) is 9.80 Å². The summed E-state index contributed by atoms with van der Waals surface area (Å²) in [4.78, 5) is 58.6. The molecule has 3 heterocycles. The monoisotopic (exact) mass is 545 g/mol. The Morgan fingerprint density at radius 2 is 1.55 bits per heavy atom. The molecule has 0 radical (unpaired) electrons. The van der Waals surface area contributed by atoms with Gasteiger partial charge in [-0.1, -0.05) is 48.5 Å². The SMILES string of the molecule is N[C@@H](Cc1ccccc1)C(=O)N1CCC[C@@H]1C(=O)N[C@@H](Cc1c[nH]c2ccccc12)C(=O)N1CCC[C@H]1C(=O)O. The molecule has 5 rings (SSSR count). The van der Waals surface area contributed by atoms with Crippen molar-refractivity contribution in [1.82, 2.24) is 20.1 Å². The molecular formula is C30H35N5O5. The minimum absolute atomic E-state index is 0.186. The Morgan fingerprint density at radius 3 is 2.27 bits per heavy atom. The Kier molecular flexibility index (Phi) is 8.16. The van der Waals surface area contributed by atoms with Crippen LogP contribution in [-0.4, -0.2) is 80.8 Å². The Bertz CT molecular complexity index is 1390. The molecule has 0 spiro atoms. The van der Waals surface area contributed by atoms with Gasteiger partial charge < -0.3 is 30.9 Å². The predicted octanol–water partition coefficient (Wildman–Crippen LogP) is 1.83. The summed E-state index contributed by atoms with van der Waals surface area (Å²) in [5.41, 5.74) is 8.94. The van der Waals surface area contributed by atoms with Crippen molar-refractivity contribution in [2.45, 2.75) is 62.7 Å². The number of carboxylic acids is 1. The van der Waals surface area contributed by atoms with Gasteiger partial charge in [0.05, 0.1) is 6.04 Å². The van der Waals surface area contributed by atoms with Crippen LogP contribution < -0.4 is 11.1 Å². The smallest absolute Gasteiger partial charge is 0.326 e. The second-order valence-corrected chi connectivity index (χ2v) is 10.6. The zero-order valence-electron chi connectivity index (χ0n) is 22.3. The Balaban J connectivity index is 1.34. The van der Waals surface area contributed by atoms with Gasteiger partial charge in [-0.15, -0.1) is 0 Å². The van der Waals surface area contributed by atoms with Gasteiger partial charge >= 0.3 is 5.97 Å². The maximum absolute atomic E-state index is 13.7. The number of H-pyrrole nitrogens is 1. The van der Waals surface area contributed by atoms with Crippen molar-refractivity contribution in [1.29, 1.82) is 0 Å². The van der Waals surface area contributed by atoms with Gasteiger partial charge in [0.15, 0.2) is 0 Å². The summed E-state index contributed by atoms with van der Waals surface area (Å²) in [5.74, 6) is -2.21. The molecule has 0 unspecified atom stereocenters. The molecule has 1 aromatic heterocycles. The summed E-state index contributed by atoms with van der Waals surface area (Å²) >= 11 is 0. The number of nitrogens with two attached hydrogens (primary N) is 1. The minimum Gasteiger partial charge on any atom is -0.480 e. The number of aromatic nitrogens is 1. The Hall–Kier alpha value is -4.18. The second kappa shape index (κ2) is 11.9. The van der Waals surface area contributed by atoms with E-state index in [2.05, 4.69) is 10.3 Å². The van der Waals surface area contributed by atoms with Crippen molar-refractivity contribution in [3.63, 3.8) is 0 Å². The molecule has 40 heavy (non-hydrogen) atoms. The van der Waals surface area contributed by atoms with E-state index < -0.39 is 42.0 Å². The number of aromatic amines is 1. The molecule has 10 nitrogen and oxygen atoms in total. The van der Waals surface area contributed by atoms with E-state index in [4.69, 9.17) is 5.73 Å². The number of amides is 3. The van der Waals surface area contributed by atoms with Crippen LogP contribution in [0.25, 0.3) is 10.9 Å². The third-order valence-electron chi connectivity index (χ3n) is 7.99. The molecule has 210 valence electrons. The van der Waals surface area contributed by atoms with E-state index in [0.29, 0.717) is 45.2 Å². The van der Waals surface area contributed by atoms with Gasteiger partial charge in [0, 0.05) is 36.6 Å². The second-order valence-electron chi connectivity index (χ2n) is 10.6. The molecule has 2 aliphatic rings. The number of hydrogen-bond acceptors (Lipinski definition) is 5. The summed E-state index contributed by atoms with van der Waals surface area (Å²) in [6.45, 7) is 0.728. The number of benzene rings is 2. The van der Waals surface area contributed by atoms with Gasteiger partial charge in [0.25, 0.3) is 0 Å². The van der Waals surface area contributed by atoms with Crippen LogP contribution in [0, 0.1) is 0 Å². The van der Waals surface area contributed by atoms with Gasteiger partial charge in [-0.25, -0.2) is 4.79 Å². The van der Waals surface area contributed by atoms with Crippen LogP contribution in [0.1, 0.15) is 36.8 Å². The highest BCUT2D eigenvalue weighted by atomic mass is 16.4. The van der Waals surface area contributed by atoms with Crippen molar-refractivity contribution in [3.8, 4) is 0 Å². The number of nitrogens with one attached hydrogen (secondary N) is 2. The maximum atomic E-state index is 13.7. The van der Waals surface area contributed by atoms with E-state index in [0.717, 1.165) is 22.0 Å². The lowest BCUT2D eigenvalue weighted by molar-refractivity contribution is -0.149. The van der Waals surface area contributed by atoms with Crippen LogP contribution in [0.15, 0.2) is 60.8 Å². The van der Waals surface area contributed by atoms with Crippen molar-refractivity contribution in [2.75, 3.05) is 13.1 Å². The van der Waals surface area contributed by atoms with Crippen LogP contribution in [-0.2, 0) is 32.0 Å². The summed E-state index contributed by atoms with van der Waals surface area (Å²) in [6.07, 6.45) is 4.42. The molecule has 4 atom stereocenters. The number of nitrogens with zero attached hydrogens (tertiary/aromatic N) is 2. The fraction of sp³-hybridized carbons (Fsp3) is 0.400. The third-order valence-corrected chi connectivity index (χ3v) is 7.99. The van der Waals surface area contributed by atoms with Crippen molar-refractivity contribution in [2.24, 2.45) is 5.73 Å². The van der Waals surface area contributed by atoms with E-state index >= 15 is 0 Å². The first kappa shape index (κ1) is 27.4. The first-order valence-electron chi connectivity index (χ1n) is 13.8. The molecule has 5 N–H and O–H groups in total. The fourth-order valence-corrected chi connectivity index (χ4v) is 5.95. The van der Waals surface area contributed by atoms with Crippen LogP contribution in [0.2, 0.25) is 0 Å². The number of hydrogen-bond donors (Lipinski definition) is 4.